The fraction of sp³-hybridized carbons (Fsp3) is 0.421. The Kier molecular flexibility index (Phi) is 4.88. The van der Waals surface area contributed by atoms with Gasteiger partial charge in [-0.3, -0.25) is 14.3 Å². The predicted molar refractivity (Wildman–Crippen MR) is 94.8 cm³/mol. The number of carbonyl (C=O) groups excluding carboxylic acids is 2. The number of hydrogen-bond donors (Lipinski definition) is 0. The van der Waals surface area contributed by atoms with Gasteiger partial charge < -0.3 is 9.80 Å². The number of rotatable bonds is 4. The van der Waals surface area contributed by atoms with Crippen LogP contribution in [0.1, 0.15) is 29.2 Å². The first kappa shape index (κ1) is 17.2. The highest BCUT2D eigenvalue weighted by atomic mass is 16.2. The molecule has 0 N–H and O–H groups in total. The fourth-order valence-electron chi connectivity index (χ4n) is 3.30. The van der Waals surface area contributed by atoms with E-state index in [-0.39, 0.29) is 17.7 Å². The Hall–Kier alpha value is -2.63. The molecule has 3 rings (SSSR count). The summed E-state index contributed by atoms with van der Waals surface area (Å²) < 4.78 is 1.72. The van der Waals surface area contributed by atoms with E-state index in [9.17, 15) is 9.59 Å². The molecule has 0 radical (unpaired) electrons. The number of carbonyl (C=O) groups is 2. The zero-order valence-corrected chi connectivity index (χ0v) is 15.0. The van der Waals surface area contributed by atoms with Crippen LogP contribution in [0.15, 0.2) is 36.5 Å². The molecule has 25 heavy (non-hydrogen) atoms. The predicted octanol–water partition coefficient (Wildman–Crippen LogP) is 1.57. The van der Waals surface area contributed by atoms with Gasteiger partial charge in [0.1, 0.15) is 5.92 Å². The van der Waals surface area contributed by atoms with Crippen LogP contribution >= 0.6 is 0 Å². The number of fused-ring (bicyclic) bond motifs is 1. The molecule has 0 spiro atoms. The van der Waals surface area contributed by atoms with Crippen LogP contribution in [0, 0.1) is 0 Å². The largest absolute Gasteiger partial charge is 0.348 e. The van der Waals surface area contributed by atoms with Crippen molar-refractivity contribution in [1.29, 1.82) is 0 Å². The molecule has 1 aliphatic rings. The van der Waals surface area contributed by atoms with Gasteiger partial charge >= 0.3 is 0 Å². The number of amides is 2. The summed E-state index contributed by atoms with van der Waals surface area (Å²) in [4.78, 5) is 28.6. The summed E-state index contributed by atoms with van der Waals surface area (Å²) in [6.07, 6.45) is 3.06. The normalized spacial score (nSPS) is 16.4. The van der Waals surface area contributed by atoms with Crippen molar-refractivity contribution < 1.29 is 9.59 Å². The topological polar surface area (TPSA) is 58.4 Å². The van der Waals surface area contributed by atoms with Gasteiger partial charge in [-0.2, -0.15) is 5.10 Å². The SMILES string of the molecule is CN(C)C(=O)[C@@H]1CN(C(=O)CCc2ccccc2)Cc2cn(C)nc21. The van der Waals surface area contributed by atoms with E-state index in [1.807, 2.05) is 43.6 Å². The average Bonchev–Trinajstić information content (AvgIpc) is 2.99. The standard InChI is InChI=1S/C19H24N4O2/c1-21(2)19(25)16-13-23(12-15-11-22(3)20-18(15)16)17(24)10-9-14-7-5-4-6-8-14/h4-8,11,16H,9-10,12-13H2,1-3H3/t16-/m1/s1. The van der Waals surface area contributed by atoms with Gasteiger partial charge in [0, 0.05) is 52.4 Å². The highest BCUT2D eigenvalue weighted by Gasteiger charge is 2.35. The second kappa shape index (κ2) is 7.09. The summed E-state index contributed by atoms with van der Waals surface area (Å²) in [6.45, 7) is 0.919. The lowest BCUT2D eigenvalue weighted by Crippen LogP contribution is -2.43. The molecule has 1 aromatic carbocycles. The quantitative estimate of drug-likeness (QED) is 0.849. The van der Waals surface area contributed by atoms with Gasteiger partial charge in [0.2, 0.25) is 11.8 Å². The highest BCUT2D eigenvalue weighted by Crippen LogP contribution is 2.28. The van der Waals surface area contributed by atoms with Crippen LogP contribution in [0.25, 0.3) is 0 Å². The Morgan fingerprint density at radius 2 is 1.96 bits per heavy atom. The van der Waals surface area contributed by atoms with E-state index < -0.39 is 0 Å². The smallest absolute Gasteiger partial charge is 0.233 e. The minimum absolute atomic E-state index is 0.0134. The summed E-state index contributed by atoms with van der Waals surface area (Å²) in [7, 11) is 5.32. The molecule has 2 heterocycles. The lowest BCUT2D eigenvalue weighted by atomic mass is 9.94. The maximum Gasteiger partial charge on any atom is 0.233 e. The third kappa shape index (κ3) is 3.73. The lowest BCUT2D eigenvalue weighted by Gasteiger charge is -2.32. The lowest BCUT2D eigenvalue weighted by molar-refractivity contribution is -0.136. The third-order valence-electron chi connectivity index (χ3n) is 4.59. The van der Waals surface area contributed by atoms with Crippen molar-refractivity contribution in [1.82, 2.24) is 19.6 Å². The first-order valence-electron chi connectivity index (χ1n) is 8.51. The first-order chi connectivity index (χ1) is 12.0. The molecule has 132 valence electrons. The summed E-state index contributed by atoms with van der Waals surface area (Å²) >= 11 is 0. The molecule has 2 amide bonds. The minimum Gasteiger partial charge on any atom is -0.348 e. The third-order valence-corrected chi connectivity index (χ3v) is 4.59. The Bertz CT molecular complexity index is 767. The molecule has 0 unspecified atom stereocenters. The van der Waals surface area contributed by atoms with Crippen LogP contribution in [0.3, 0.4) is 0 Å². The second-order valence-corrected chi connectivity index (χ2v) is 6.76. The number of likely N-dealkylation sites (N-methyl/N-ethyl adjacent to an activating group) is 1. The molecule has 0 bridgehead atoms. The van der Waals surface area contributed by atoms with E-state index in [4.69, 9.17) is 0 Å². The molecule has 1 aromatic heterocycles. The van der Waals surface area contributed by atoms with Gasteiger partial charge in [0.05, 0.1) is 5.69 Å². The molecule has 6 nitrogen and oxygen atoms in total. The van der Waals surface area contributed by atoms with Crippen molar-refractivity contribution in [2.75, 3.05) is 20.6 Å². The van der Waals surface area contributed by atoms with Gasteiger partial charge in [0.25, 0.3) is 0 Å². The van der Waals surface area contributed by atoms with Crippen LogP contribution < -0.4 is 0 Å². The zero-order valence-electron chi connectivity index (χ0n) is 15.0. The number of aromatic nitrogens is 2. The van der Waals surface area contributed by atoms with Crippen LogP contribution in [0.4, 0.5) is 0 Å². The average molecular weight is 340 g/mol. The van der Waals surface area contributed by atoms with E-state index >= 15 is 0 Å². The number of benzene rings is 1. The number of hydrogen-bond acceptors (Lipinski definition) is 3. The van der Waals surface area contributed by atoms with E-state index in [2.05, 4.69) is 5.10 Å². The van der Waals surface area contributed by atoms with E-state index in [1.54, 1.807) is 28.6 Å². The van der Waals surface area contributed by atoms with Gasteiger partial charge in [0.15, 0.2) is 0 Å². The summed E-state index contributed by atoms with van der Waals surface area (Å²) in [5, 5.41) is 4.45. The zero-order chi connectivity index (χ0) is 18.0. The molecule has 2 aromatic rings. The molecule has 0 saturated carbocycles. The summed E-state index contributed by atoms with van der Waals surface area (Å²) in [5.74, 6) is -0.323. The molecule has 1 aliphatic heterocycles. The van der Waals surface area contributed by atoms with Crippen molar-refractivity contribution in [3.8, 4) is 0 Å². The molecule has 1 atom stereocenters. The Labute approximate surface area is 148 Å². The van der Waals surface area contributed by atoms with Crippen LogP contribution in [0.5, 0.6) is 0 Å². The number of aryl methyl sites for hydroxylation is 2. The van der Waals surface area contributed by atoms with Crippen molar-refractivity contribution in [3.63, 3.8) is 0 Å². The molecule has 0 fully saturated rings. The Morgan fingerprint density at radius 1 is 1.24 bits per heavy atom. The maximum absolute atomic E-state index is 12.7. The monoisotopic (exact) mass is 340 g/mol. The van der Waals surface area contributed by atoms with Crippen molar-refractivity contribution >= 4 is 11.8 Å². The molecule has 0 aliphatic carbocycles. The van der Waals surface area contributed by atoms with Gasteiger partial charge in [-0.25, -0.2) is 0 Å². The van der Waals surface area contributed by atoms with Gasteiger partial charge in [-0.1, -0.05) is 30.3 Å². The number of nitrogens with zero attached hydrogens (tertiary/aromatic N) is 4. The second-order valence-electron chi connectivity index (χ2n) is 6.76. The van der Waals surface area contributed by atoms with Gasteiger partial charge in [-0.05, 0) is 12.0 Å². The van der Waals surface area contributed by atoms with Crippen molar-refractivity contribution in [2.45, 2.75) is 25.3 Å². The van der Waals surface area contributed by atoms with Crippen LogP contribution in [-0.4, -0.2) is 52.0 Å². The minimum atomic E-state index is -0.388. The molecular formula is C19H24N4O2. The van der Waals surface area contributed by atoms with Gasteiger partial charge in [-0.15, -0.1) is 0 Å². The van der Waals surface area contributed by atoms with E-state index in [0.717, 1.165) is 16.8 Å². The van der Waals surface area contributed by atoms with E-state index in [1.165, 1.54) is 0 Å². The summed E-state index contributed by atoms with van der Waals surface area (Å²) in [5.41, 5.74) is 2.91. The van der Waals surface area contributed by atoms with Crippen molar-refractivity contribution in [3.05, 3.63) is 53.3 Å². The van der Waals surface area contributed by atoms with Crippen LogP contribution in [0.2, 0.25) is 0 Å². The first-order valence-corrected chi connectivity index (χ1v) is 8.51. The Morgan fingerprint density at radius 3 is 2.64 bits per heavy atom. The summed E-state index contributed by atoms with van der Waals surface area (Å²) in [6, 6.07) is 9.99. The fourth-order valence-corrected chi connectivity index (χ4v) is 3.30. The highest BCUT2D eigenvalue weighted by molar-refractivity contribution is 5.85. The Balaban J connectivity index is 1.74. The molecular weight excluding hydrogens is 316 g/mol. The maximum atomic E-state index is 12.7. The van der Waals surface area contributed by atoms with E-state index in [0.29, 0.717) is 25.9 Å². The molecule has 0 saturated heterocycles. The van der Waals surface area contributed by atoms with Crippen molar-refractivity contribution in [2.24, 2.45) is 7.05 Å². The molecule has 6 heteroatoms. The van der Waals surface area contributed by atoms with Crippen LogP contribution in [-0.2, 0) is 29.6 Å².